The Labute approximate surface area is 147 Å². The molecule has 0 rings (SSSR count). The minimum Gasteiger partial charge on any atom is -0.444 e. The zero-order chi connectivity index (χ0) is 19.0. The van der Waals surface area contributed by atoms with Crippen LogP contribution in [0.25, 0.3) is 0 Å². The van der Waals surface area contributed by atoms with Gasteiger partial charge in [-0.1, -0.05) is 6.08 Å². The van der Waals surface area contributed by atoms with Gasteiger partial charge in [0, 0.05) is 17.7 Å². The van der Waals surface area contributed by atoms with Crippen LogP contribution in [0, 0.1) is 0 Å². The molecule has 2 amide bonds. The molecular weight excluding hydrogens is 306 g/mol. The van der Waals surface area contributed by atoms with Gasteiger partial charge in [0.15, 0.2) is 0 Å². The number of carbonyl (C=O) groups is 2. The number of nitrogens with one attached hydrogen (secondary N) is 2. The minimum absolute atomic E-state index is 0.115. The fourth-order valence-electron chi connectivity index (χ4n) is 2.00. The molecule has 0 unspecified atom stereocenters. The van der Waals surface area contributed by atoms with Crippen LogP contribution >= 0.6 is 0 Å². The quantitative estimate of drug-likeness (QED) is 0.666. The predicted octanol–water partition coefficient (Wildman–Crippen LogP) is 2.69. The van der Waals surface area contributed by atoms with E-state index in [-0.39, 0.29) is 18.0 Å². The maximum Gasteiger partial charge on any atom is 0.407 e. The van der Waals surface area contributed by atoms with Crippen molar-refractivity contribution in [1.29, 1.82) is 0 Å². The van der Waals surface area contributed by atoms with Crippen LogP contribution in [0.1, 0.15) is 54.4 Å². The Morgan fingerprint density at radius 2 is 1.71 bits per heavy atom. The lowest BCUT2D eigenvalue weighted by molar-refractivity contribution is -0.119. The first-order valence-corrected chi connectivity index (χ1v) is 8.43. The normalized spacial score (nSPS) is 13.0. The van der Waals surface area contributed by atoms with Gasteiger partial charge in [-0.15, -0.1) is 0 Å². The maximum atomic E-state index is 12.2. The van der Waals surface area contributed by atoms with Gasteiger partial charge < -0.3 is 20.3 Å². The molecule has 0 saturated heterocycles. The summed E-state index contributed by atoms with van der Waals surface area (Å²) in [4.78, 5) is 25.9. The van der Waals surface area contributed by atoms with Crippen molar-refractivity contribution in [3.05, 3.63) is 11.6 Å². The van der Waals surface area contributed by atoms with Crippen molar-refractivity contribution in [2.75, 3.05) is 27.2 Å². The third-order valence-electron chi connectivity index (χ3n) is 3.27. The molecule has 0 bridgehead atoms. The molecule has 0 aromatic heterocycles. The van der Waals surface area contributed by atoms with E-state index in [2.05, 4.69) is 15.5 Å². The van der Waals surface area contributed by atoms with Gasteiger partial charge in [-0.2, -0.15) is 0 Å². The van der Waals surface area contributed by atoms with Crippen LogP contribution in [0.2, 0.25) is 0 Å². The smallest absolute Gasteiger partial charge is 0.407 e. The van der Waals surface area contributed by atoms with Gasteiger partial charge in [-0.05, 0) is 75.0 Å². The van der Waals surface area contributed by atoms with Gasteiger partial charge in [0.1, 0.15) is 5.60 Å². The van der Waals surface area contributed by atoms with E-state index in [0.29, 0.717) is 5.57 Å². The van der Waals surface area contributed by atoms with Gasteiger partial charge in [0.25, 0.3) is 0 Å². The Kier molecular flexibility index (Phi) is 9.04. The topological polar surface area (TPSA) is 70.7 Å². The van der Waals surface area contributed by atoms with Gasteiger partial charge in [-0.3, -0.25) is 4.79 Å². The molecule has 0 aliphatic carbocycles. The number of rotatable bonds is 8. The van der Waals surface area contributed by atoms with Crippen molar-refractivity contribution < 1.29 is 14.3 Å². The average Bonchev–Trinajstić information content (AvgIpc) is 2.34. The zero-order valence-electron chi connectivity index (χ0n) is 16.6. The highest BCUT2D eigenvalue weighted by Crippen LogP contribution is 2.12. The highest BCUT2D eigenvalue weighted by molar-refractivity contribution is 5.93. The van der Waals surface area contributed by atoms with Crippen molar-refractivity contribution in [2.24, 2.45) is 0 Å². The van der Waals surface area contributed by atoms with Crippen molar-refractivity contribution in [1.82, 2.24) is 15.5 Å². The van der Waals surface area contributed by atoms with Gasteiger partial charge in [0.2, 0.25) is 5.91 Å². The number of alkyl carbamates (subject to hydrolysis) is 1. The average molecular weight is 341 g/mol. The third kappa shape index (κ3) is 11.9. The molecule has 0 fully saturated rings. The highest BCUT2D eigenvalue weighted by atomic mass is 16.6. The molecule has 2 N–H and O–H groups in total. The van der Waals surface area contributed by atoms with E-state index >= 15 is 0 Å². The lowest BCUT2D eigenvalue weighted by Gasteiger charge is -2.27. The molecule has 24 heavy (non-hydrogen) atoms. The second-order valence-corrected chi connectivity index (χ2v) is 8.01. The second kappa shape index (κ2) is 9.67. The molecule has 0 aromatic rings. The highest BCUT2D eigenvalue weighted by Gasteiger charge is 2.20. The van der Waals surface area contributed by atoms with Crippen molar-refractivity contribution in [3.8, 4) is 0 Å². The molecule has 0 heterocycles. The fourth-order valence-corrected chi connectivity index (χ4v) is 2.00. The van der Waals surface area contributed by atoms with Crippen LogP contribution in [-0.2, 0) is 9.53 Å². The number of nitrogens with zero attached hydrogens (tertiary/aromatic N) is 1. The molecular formula is C18H35N3O3. The second-order valence-electron chi connectivity index (χ2n) is 8.01. The Bertz CT molecular complexity index is 449. The van der Waals surface area contributed by atoms with E-state index in [4.69, 9.17) is 4.74 Å². The Morgan fingerprint density at radius 1 is 1.12 bits per heavy atom. The van der Waals surface area contributed by atoms with E-state index < -0.39 is 11.7 Å². The fraction of sp³-hybridized carbons (Fsp3) is 0.778. The van der Waals surface area contributed by atoms with E-state index in [1.54, 1.807) is 33.8 Å². The van der Waals surface area contributed by atoms with Crippen LogP contribution in [0.4, 0.5) is 4.79 Å². The van der Waals surface area contributed by atoms with Gasteiger partial charge in [0.05, 0.1) is 0 Å². The molecule has 0 aliphatic rings. The van der Waals surface area contributed by atoms with Gasteiger partial charge >= 0.3 is 6.09 Å². The summed E-state index contributed by atoms with van der Waals surface area (Å²) < 4.78 is 5.14. The standard InChI is InChI=1S/C18H35N3O3/c1-14(10-12-19-16(23)24-17(2,3)4)15(22)20-18(5,6)11-9-13-21(7)8/h10H,9,11-13H2,1-8H3,(H,19,23)(H,20,22). The van der Waals surface area contributed by atoms with Gasteiger partial charge in [-0.25, -0.2) is 4.79 Å². The summed E-state index contributed by atoms with van der Waals surface area (Å²) in [6.45, 7) is 12.4. The van der Waals surface area contributed by atoms with Crippen molar-refractivity contribution in [3.63, 3.8) is 0 Å². The summed E-state index contributed by atoms with van der Waals surface area (Å²) in [5.74, 6) is -0.115. The summed E-state index contributed by atoms with van der Waals surface area (Å²) >= 11 is 0. The maximum absolute atomic E-state index is 12.2. The number of hydrogen-bond acceptors (Lipinski definition) is 4. The Balaban J connectivity index is 4.32. The first-order chi connectivity index (χ1) is 10.8. The minimum atomic E-state index is -0.531. The molecule has 0 atom stereocenters. The SMILES string of the molecule is CC(=CCNC(=O)OC(C)(C)C)C(=O)NC(C)(C)CCCN(C)C. The summed E-state index contributed by atoms with van der Waals surface area (Å²) in [6, 6.07) is 0. The number of ether oxygens (including phenoxy) is 1. The van der Waals surface area contributed by atoms with Crippen molar-refractivity contribution in [2.45, 2.75) is 65.5 Å². The first-order valence-electron chi connectivity index (χ1n) is 8.43. The third-order valence-corrected chi connectivity index (χ3v) is 3.27. The predicted molar refractivity (Wildman–Crippen MR) is 98.0 cm³/mol. The summed E-state index contributed by atoms with van der Waals surface area (Å²) in [5, 5.41) is 5.65. The molecule has 0 aliphatic heterocycles. The van der Waals surface area contributed by atoms with Crippen LogP contribution in [0.3, 0.4) is 0 Å². The summed E-state index contributed by atoms with van der Waals surface area (Å²) in [6.07, 6.45) is 3.12. The van der Waals surface area contributed by atoms with E-state index in [0.717, 1.165) is 19.4 Å². The lowest BCUT2D eigenvalue weighted by atomic mass is 9.97. The largest absolute Gasteiger partial charge is 0.444 e. The number of hydrogen-bond donors (Lipinski definition) is 2. The Hall–Kier alpha value is -1.56. The van der Waals surface area contributed by atoms with Crippen LogP contribution < -0.4 is 10.6 Å². The monoisotopic (exact) mass is 341 g/mol. The van der Waals surface area contributed by atoms with Crippen LogP contribution in [-0.4, -0.2) is 55.2 Å². The van der Waals surface area contributed by atoms with Crippen molar-refractivity contribution >= 4 is 12.0 Å². The number of carbonyl (C=O) groups excluding carboxylic acids is 2. The van der Waals surface area contributed by atoms with E-state index in [1.165, 1.54) is 0 Å². The molecule has 0 spiro atoms. The molecule has 0 aromatic carbocycles. The van der Waals surface area contributed by atoms with E-state index in [1.807, 2.05) is 27.9 Å². The number of amides is 2. The van der Waals surface area contributed by atoms with E-state index in [9.17, 15) is 9.59 Å². The zero-order valence-corrected chi connectivity index (χ0v) is 16.6. The molecule has 0 radical (unpaired) electrons. The Morgan fingerprint density at radius 3 is 2.21 bits per heavy atom. The molecule has 0 saturated carbocycles. The molecule has 6 heteroatoms. The van der Waals surface area contributed by atoms with Crippen LogP contribution in [0.5, 0.6) is 0 Å². The summed E-state index contributed by atoms with van der Waals surface area (Å²) in [7, 11) is 4.08. The molecule has 140 valence electrons. The van der Waals surface area contributed by atoms with Crippen LogP contribution in [0.15, 0.2) is 11.6 Å². The lowest BCUT2D eigenvalue weighted by Crippen LogP contribution is -2.44. The summed E-state index contributed by atoms with van der Waals surface area (Å²) in [5.41, 5.74) is -0.218. The first kappa shape index (κ1) is 22.4. The molecule has 6 nitrogen and oxygen atoms in total.